The van der Waals surface area contributed by atoms with Crippen LogP contribution in [0, 0.1) is 0 Å². The Hall–Kier alpha value is -3.25. The van der Waals surface area contributed by atoms with Crippen LogP contribution in [0.25, 0.3) is 5.69 Å². The fourth-order valence-corrected chi connectivity index (χ4v) is 6.08. The van der Waals surface area contributed by atoms with Crippen molar-refractivity contribution in [1.29, 1.82) is 0 Å². The van der Waals surface area contributed by atoms with Gasteiger partial charge in [0.15, 0.2) is 21.5 Å². The number of halogens is 1. The van der Waals surface area contributed by atoms with E-state index in [-0.39, 0.29) is 17.8 Å². The molecule has 13 heteroatoms. The number of para-hydroxylation sites is 1. The minimum Gasteiger partial charge on any atom is -0.494 e. The molecule has 3 aromatic rings. The van der Waals surface area contributed by atoms with Crippen LogP contribution in [0.3, 0.4) is 0 Å². The second-order valence-corrected chi connectivity index (χ2v) is 11.7. The maximum Gasteiger partial charge on any atom is 0.223 e. The minimum absolute atomic E-state index is 0.0221. The molecule has 1 aliphatic heterocycles. The van der Waals surface area contributed by atoms with Gasteiger partial charge >= 0.3 is 0 Å². The monoisotopic (exact) mass is 548 g/mol. The van der Waals surface area contributed by atoms with Crippen LogP contribution in [0.1, 0.15) is 56.1 Å². The van der Waals surface area contributed by atoms with E-state index in [0.717, 1.165) is 0 Å². The number of likely N-dealkylation sites (tertiary alicyclic amines) is 1. The SMILES string of the molecule is COc1cccc(OC)c1-n1c(CS(=O)(=O)[C@@H](C)[C@H](C)c2ncc(Cl)cn2)nnc1[C@@H]1CCC(=O)N1C. The number of ether oxygens (including phenoxy) is 2. The van der Waals surface area contributed by atoms with Crippen LogP contribution in [0.5, 0.6) is 11.5 Å². The van der Waals surface area contributed by atoms with Crippen LogP contribution in [0.15, 0.2) is 30.6 Å². The number of nitrogens with zero attached hydrogens (tertiary/aromatic N) is 6. The van der Waals surface area contributed by atoms with Crippen molar-refractivity contribution in [2.24, 2.45) is 0 Å². The van der Waals surface area contributed by atoms with Gasteiger partial charge in [-0.2, -0.15) is 0 Å². The normalized spacial score (nSPS) is 17.6. The van der Waals surface area contributed by atoms with Gasteiger partial charge in [-0.15, -0.1) is 10.2 Å². The van der Waals surface area contributed by atoms with Crippen molar-refractivity contribution < 1.29 is 22.7 Å². The highest BCUT2D eigenvalue weighted by Gasteiger charge is 2.37. The average molecular weight is 549 g/mol. The zero-order valence-corrected chi connectivity index (χ0v) is 22.8. The van der Waals surface area contributed by atoms with Gasteiger partial charge in [0.1, 0.15) is 28.8 Å². The number of aromatic nitrogens is 5. The molecule has 1 amide bonds. The highest BCUT2D eigenvalue weighted by Crippen LogP contribution is 2.39. The van der Waals surface area contributed by atoms with Crippen LogP contribution in [0.2, 0.25) is 5.02 Å². The summed E-state index contributed by atoms with van der Waals surface area (Å²) in [6.07, 6.45) is 3.77. The fraction of sp³-hybridized carbons (Fsp3) is 0.458. The first-order chi connectivity index (χ1) is 17.6. The average Bonchev–Trinajstić information content (AvgIpc) is 3.44. The third-order valence-corrected chi connectivity index (χ3v) is 9.22. The molecule has 0 saturated carbocycles. The second kappa shape index (κ2) is 10.6. The number of amides is 1. The molecule has 0 N–H and O–H groups in total. The Bertz CT molecular complexity index is 1370. The number of carbonyl (C=O) groups excluding carboxylic acids is 1. The Morgan fingerprint density at radius 3 is 2.27 bits per heavy atom. The van der Waals surface area contributed by atoms with Crippen LogP contribution < -0.4 is 9.47 Å². The molecule has 3 heterocycles. The van der Waals surface area contributed by atoms with E-state index in [2.05, 4.69) is 20.2 Å². The summed E-state index contributed by atoms with van der Waals surface area (Å²) in [6, 6.07) is 4.87. The first kappa shape index (κ1) is 26.8. The van der Waals surface area contributed by atoms with Gasteiger partial charge in [0.2, 0.25) is 5.91 Å². The van der Waals surface area contributed by atoms with Gasteiger partial charge < -0.3 is 14.4 Å². The molecule has 1 aliphatic rings. The third kappa shape index (κ3) is 5.12. The minimum atomic E-state index is -3.77. The zero-order chi connectivity index (χ0) is 26.9. The number of methoxy groups -OCH3 is 2. The van der Waals surface area contributed by atoms with Crippen molar-refractivity contribution in [3.05, 3.63) is 53.1 Å². The standard InChI is InChI=1S/C24H29ClN6O5S/c1-14(23-26-11-16(25)12-27-23)15(2)37(33,34)13-20-28-29-24(17-9-10-21(32)30(17)3)31(20)22-18(35-4)7-6-8-19(22)36-5/h6-8,11-12,14-15,17H,9-10,13H2,1-5H3/t14-,15-,17-/m0/s1. The molecule has 0 aliphatic carbocycles. The molecule has 0 bridgehead atoms. The smallest absolute Gasteiger partial charge is 0.223 e. The summed E-state index contributed by atoms with van der Waals surface area (Å²) in [4.78, 5) is 22.3. The molecule has 3 atom stereocenters. The number of benzene rings is 1. The van der Waals surface area contributed by atoms with E-state index in [1.807, 2.05) is 0 Å². The summed E-state index contributed by atoms with van der Waals surface area (Å²) in [5.74, 6) is 0.947. The first-order valence-corrected chi connectivity index (χ1v) is 13.8. The fourth-order valence-electron chi connectivity index (χ4n) is 4.43. The van der Waals surface area contributed by atoms with Crippen LogP contribution in [0.4, 0.5) is 0 Å². The van der Waals surface area contributed by atoms with Crippen LogP contribution >= 0.6 is 11.6 Å². The summed E-state index contributed by atoms with van der Waals surface area (Å²) < 4.78 is 40.1. The van der Waals surface area contributed by atoms with Gasteiger partial charge in [-0.3, -0.25) is 9.36 Å². The maximum absolute atomic E-state index is 13.6. The van der Waals surface area contributed by atoms with E-state index in [1.54, 1.807) is 48.6 Å². The second-order valence-electron chi connectivity index (χ2n) is 8.94. The van der Waals surface area contributed by atoms with Gasteiger partial charge in [0, 0.05) is 31.8 Å². The van der Waals surface area contributed by atoms with Crippen LogP contribution in [-0.4, -0.2) is 70.5 Å². The summed E-state index contributed by atoms with van der Waals surface area (Å²) in [5.41, 5.74) is 0.465. The van der Waals surface area contributed by atoms with Crippen molar-refractivity contribution in [3.63, 3.8) is 0 Å². The van der Waals surface area contributed by atoms with Crippen molar-refractivity contribution in [3.8, 4) is 17.2 Å². The van der Waals surface area contributed by atoms with Crippen LogP contribution in [-0.2, 0) is 20.4 Å². The molecule has 4 rings (SSSR count). The molecular weight excluding hydrogens is 520 g/mol. The van der Waals surface area contributed by atoms with Crippen molar-refractivity contribution in [1.82, 2.24) is 29.6 Å². The Morgan fingerprint density at radius 2 is 1.73 bits per heavy atom. The molecular formula is C24H29ClN6O5S. The van der Waals surface area contributed by atoms with Crippen molar-refractivity contribution in [2.45, 2.75) is 49.7 Å². The van der Waals surface area contributed by atoms with E-state index in [0.29, 0.717) is 46.7 Å². The Balaban J connectivity index is 1.80. The molecule has 2 aromatic heterocycles. The van der Waals surface area contributed by atoms with Gasteiger partial charge in [0.25, 0.3) is 0 Å². The number of sulfone groups is 1. The summed E-state index contributed by atoms with van der Waals surface area (Å²) >= 11 is 5.89. The van der Waals surface area contributed by atoms with E-state index in [1.165, 1.54) is 26.6 Å². The van der Waals surface area contributed by atoms with Gasteiger partial charge in [-0.05, 0) is 25.5 Å². The van der Waals surface area contributed by atoms with E-state index < -0.39 is 26.8 Å². The first-order valence-electron chi connectivity index (χ1n) is 11.7. The highest BCUT2D eigenvalue weighted by molar-refractivity contribution is 7.91. The van der Waals surface area contributed by atoms with E-state index in [9.17, 15) is 13.2 Å². The molecule has 0 spiro atoms. The molecule has 1 aromatic carbocycles. The van der Waals surface area contributed by atoms with Gasteiger partial charge in [-0.25, -0.2) is 18.4 Å². The summed E-state index contributed by atoms with van der Waals surface area (Å²) in [5, 5.41) is 8.20. The number of carbonyl (C=O) groups is 1. The van der Waals surface area contributed by atoms with Gasteiger partial charge in [0.05, 0.1) is 30.5 Å². The van der Waals surface area contributed by atoms with E-state index >= 15 is 0 Å². The molecule has 1 fully saturated rings. The maximum atomic E-state index is 13.6. The Labute approximate surface area is 220 Å². The molecule has 11 nitrogen and oxygen atoms in total. The lowest BCUT2D eigenvalue weighted by Crippen LogP contribution is -2.28. The molecule has 0 radical (unpaired) electrons. The van der Waals surface area contributed by atoms with E-state index in [4.69, 9.17) is 21.1 Å². The lowest BCUT2D eigenvalue weighted by atomic mass is 10.1. The number of hydrogen-bond acceptors (Lipinski definition) is 9. The highest BCUT2D eigenvalue weighted by atomic mass is 35.5. The third-order valence-electron chi connectivity index (χ3n) is 6.82. The lowest BCUT2D eigenvalue weighted by molar-refractivity contribution is -0.127. The largest absolute Gasteiger partial charge is 0.494 e. The summed E-state index contributed by atoms with van der Waals surface area (Å²) in [7, 11) is 0.953. The topological polar surface area (TPSA) is 129 Å². The number of rotatable bonds is 9. The van der Waals surface area contributed by atoms with Gasteiger partial charge in [-0.1, -0.05) is 24.6 Å². The predicted molar refractivity (Wildman–Crippen MR) is 137 cm³/mol. The Kier molecular flexibility index (Phi) is 7.69. The molecule has 198 valence electrons. The lowest BCUT2D eigenvalue weighted by Gasteiger charge is -2.23. The quantitative estimate of drug-likeness (QED) is 0.396. The molecule has 37 heavy (non-hydrogen) atoms. The molecule has 1 saturated heterocycles. The Morgan fingerprint density at radius 1 is 1.11 bits per heavy atom. The predicted octanol–water partition coefficient (Wildman–Crippen LogP) is 3.13. The summed E-state index contributed by atoms with van der Waals surface area (Å²) in [6.45, 7) is 3.37. The van der Waals surface area contributed by atoms with Crippen molar-refractivity contribution >= 4 is 27.3 Å². The molecule has 0 unspecified atom stereocenters. The number of hydrogen-bond donors (Lipinski definition) is 0. The zero-order valence-electron chi connectivity index (χ0n) is 21.3. The van der Waals surface area contributed by atoms with Crippen molar-refractivity contribution in [2.75, 3.05) is 21.3 Å².